The van der Waals surface area contributed by atoms with Gasteiger partial charge in [0, 0.05) is 50.5 Å². The highest BCUT2D eigenvalue weighted by Gasteiger charge is 2.39. The number of rotatable bonds is 4. The summed E-state index contributed by atoms with van der Waals surface area (Å²) < 4.78 is 7.43. The van der Waals surface area contributed by atoms with Crippen molar-refractivity contribution in [3.05, 3.63) is 18.5 Å². The summed E-state index contributed by atoms with van der Waals surface area (Å²) in [4.78, 5) is 14.4. The van der Waals surface area contributed by atoms with Gasteiger partial charge in [-0.1, -0.05) is 0 Å². The molecule has 3 heterocycles. The molecule has 0 saturated carbocycles. The van der Waals surface area contributed by atoms with E-state index in [1.165, 1.54) is 6.42 Å². The van der Waals surface area contributed by atoms with Crippen LogP contribution in [-0.4, -0.2) is 46.9 Å². The molecule has 20 heavy (non-hydrogen) atoms. The van der Waals surface area contributed by atoms with Crippen LogP contribution in [0.25, 0.3) is 0 Å². The van der Waals surface area contributed by atoms with Gasteiger partial charge < -0.3 is 9.64 Å². The summed E-state index contributed by atoms with van der Waals surface area (Å²) in [6.07, 6.45) is 8.65. The molecule has 2 aliphatic rings. The van der Waals surface area contributed by atoms with Gasteiger partial charge in [0.1, 0.15) is 0 Å². The molecular weight excluding hydrogens is 254 g/mol. The van der Waals surface area contributed by atoms with Crippen molar-refractivity contribution in [1.29, 1.82) is 0 Å². The van der Waals surface area contributed by atoms with E-state index >= 15 is 0 Å². The van der Waals surface area contributed by atoms with Crippen LogP contribution in [0, 0.1) is 5.41 Å². The second-order valence-electron chi connectivity index (χ2n) is 6.09. The van der Waals surface area contributed by atoms with E-state index in [1.54, 1.807) is 6.20 Å². The third kappa shape index (κ3) is 3.03. The van der Waals surface area contributed by atoms with E-state index in [9.17, 15) is 4.79 Å². The molecular formula is C15H23N3O2. The van der Waals surface area contributed by atoms with Crippen molar-refractivity contribution in [3.63, 3.8) is 0 Å². The number of carbonyl (C=O) groups excluding carboxylic acids is 1. The zero-order chi connectivity index (χ0) is 13.8. The molecule has 1 unspecified atom stereocenters. The van der Waals surface area contributed by atoms with Crippen LogP contribution in [0.5, 0.6) is 0 Å². The normalized spacial score (nSPS) is 26.3. The molecule has 3 rings (SSSR count). The number of likely N-dealkylation sites (tertiary alicyclic amines) is 1. The Bertz CT molecular complexity index is 438. The van der Waals surface area contributed by atoms with Gasteiger partial charge in [0.2, 0.25) is 5.91 Å². The fraction of sp³-hybridized carbons (Fsp3) is 0.733. The molecule has 0 aromatic carbocycles. The van der Waals surface area contributed by atoms with Crippen LogP contribution in [0.3, 0.4) is 0 Å². The molecule has 0 N–H and O–H groups in total. The van der Waals surface area contributed by atoms with E-state index in [4.69, 9.17) is 4.74 Å². The van der Waals surface area contributed by atoms with Crippen LogP contribution >= 0.6 is 0 Å². The number of hydrogen-bond acceptors (Lipinski definition) is 3. The highest BCUT2D eigenvalue weighted by atomic mass is 16.5. The SMILES string of the molecule is O=C(CCCn1cccn1)N1CCCC2(CCOC2)C1. The average molecular weight is 277 g/mol. The second-order valence-corrected chi connectivity index (χ2v) is 6.09. The van der Waals surface area contributed by atoms with Gasteiger partial charge in [-0.15, -0.1) is 0 Å². The maximum atomic E-state index is 12.3. The Morgan fingerprint density at radius 2 is 2.35 bits per heavy atom. The Balaban J connectivity index is 1.47. The standard InChI is InChI=1S/C15H23N3O2/c19-14(4-1-9-18-10-3-7-16-18)17-8-2-5-15(12-17)6-11-20-13-15/h3,7,10H,1-2,4-6,8-9,11-13H2. The molecule has 1 amide bonds. The van der Waals surface area contributed by atoms with Crippen LogP contribution in [0.15, 0.2) is 18.5 Å². The number of aryl methyl sites for hydroxylation is 1. The Hall–Kier alpha value is -1.36. The van der Waals surface area contributed by atoms with E-state index in [0.29, 0.717) is 12.3 Å². The van der Waals surface area contributed by atoms with Gasteiger partial charge in [0.15, 0.2) is 0 Å². The van der Waals surface area contributed by atoms with E-state index < -0.39 is 0 Å². The van der Waals surface area contributed by atoms with E-state index in [0.717, 1.165) is 52.1 Å². The summed E-state index contributed by atoms with van der Waals surface area (Å²) in [7, 11) is 0. The number of piperidine rings is 1. The van der Waals surface area contributed by atoms with Crippen LogP contribution in [0.2, 0.25) is 0 Å². The van der Waals surface area contributed by atoms with Crippen LogP contribution < -0.4 is 0 Å². The molecule has 2 aliphatic heterocycles. The third-order valence-corrected chi connectivity index (χ3v) is 4.54. The number of carbonyl (C=O) groups is 1. The number of aromatic nitrogens is 2. The fourth-order valence-corrected chi connectivity index (χ4v) is 3.38. The van der Waals surface area contributed by atoms with Crippen molar-refractivity contribution in [3.8, 4) is 0 Å². The molecule has 0 bridgehead atoms. The van der Waals surface area contributed by atoms with E-state index in [2.05, 4.69) is 10.00 Å². The Morgan fingerprint density at radius 1 is 1.40 bits per heavy atom. The first-order valence-corrected chi connectivity index (χ1v) is 7.60. The number of nitrogens with zero attached hydrogens (tertiary/aromatic N) is 3. The maximum absolute atomic E-state index is 12.3. The lowest BCUT2D eigenvalue weighted by molar-refractivity contribution is -0.134. The molecule has 5 nitrogen and oxygen atoms in total. The van der Waals surface area contributed by atoms with Gasteiger partial charge in [0.05, 0.1) is 6.61 Å². The molecule has 1 aromatic rings. The van der Waals surface area contributed by atoms with Crippen molar-refractivity contribution in [2.45, 2.75) is 38.6 Å². The summed E-state index contributed by atoms with van der Waals surface area (Å²) in [6, 6.07) is 1.91. The minimum atomic E-state index is 0.260. The van der Waals surface area contributed by atoms with Crippen molar-refractivity contribution in [1.82, 2.24) is 14.7 Å². The number of amides is 1. The van der Waals surface area contributed by atoms with Gasteiger partial charge in [-0.3, -0.25) is 9.48 Å². The summed E-state index contributed by atoms with van der Waals surface area (Å²) >= 11 is 0. The predicted octanol–water partition coefficient (Wildman–Crippen LogP) is 1.69. The molecule has 0 radical (unpaired) electrons. The Kier molecular flexibility index (Phi) is 4.05. The monoisotopic (exact) mass is 277 g/mol. The predicted molar refractivity (Wildman–Crippen MR) is 75.1 cm³/mol. The zero-order valence-electron chi connectivity index (χ0n) is 12.0. The molecule has 5 heteroatoms. The highest BCUT2D eigenvalue weighted by molar-refractivity contribution is 5.76. The van der Waals surface area contributed by atoms with Crippen LogP contribution in [0.1, 0.15) is 32.1 Å². The van der Waals surface area contributed by atoms with Crippen molar-refractivity contribution >= 4 is 5.91 Å². The van der Waals surface area contributed by atoms with Crippen LogP contribution in [0.4, 0.5) is 0 Å². The first kappa shape index (κ1) is 13.6. The molecule has 2 saturated heterocycles. The summed E-state index contributed by atoms with van der Waals surface area (Å²) in [6.45, 7) is 4.34. The van der Waals surface area contributed by atoms with Gasteiger partial charge in [0.25, 0.3) is 0 Å². The first-order chi connectivity index (χ1) is 9.77. The molecule has 0 aliphatic carbocycles. The number of hydrogen-bond donors (Lipinski definition) is 0. The van der Waals surface area contributed by atoms with Crippen LogP contribution in [-0.2, 0) is 16.1 Å². The molecule has 2 fully saturated rings. The zero-order valence-corrected chi connectivity index (χ0v) is 12.0. The minimum absolute atomic E-state index is 0.260. The van der Waals surface area contributed by atoms with Gasteiger partial charge in [-0.05, 0) is 31.7 Å². The quantitative estimate of drug-likeness (QED) is 0.841. The molecule has 1 atom stereocenters. The summed E-state index contributed by atoms with van der Waals surface area (Å²) in [5.41, 5.74) is 0.260. The fourth-order valence-electron chi connectivity index (χ4n) is 3.38. The van der Waals surface area contributed by atoms with Crippen molar-refractivity contribution in [2.75, 3.05) is 26.3 Å². The lowest BCUT2D eigenvalue weighted by Gasteiger charge is -2.39. The van der Waals surface area contributed by atoms with Crippen molar-refractivity contribution in [2.24, 2.45) is 5.41 Å². The molecule has 1 aromatic heterocycles. The minimum Gasteiger partial charge on any atom is -0.381 e. The van der Waals surface area contributed by atoms with Gasteiger partial charge >= 0.3 is 0 Å². The maximum Gasteiger partial charge on any atom is 0.222 e. The highest BCUT2D eigenvalue weighted by Crippen LogP contribution is 2.37. The summed E-state index contributed by atoms with van der Waals surface area (Å²) in [5, 5.41) is 4.16. The van der Waals surface area contributed by atoms with E-state index in [1.807, 2.05) is 16.9 Å². The molecule has 110 valence electrons. The Morgan fingerprint density at radius 3 is 3.10 bits per heavy atom. The molecule has 1 spiro atoms. The topological polar surface area (TPSA) is 47.4 Å². The first-order valence-electron chi connectivity index (χ1n) is 7.60. The number of ether oxygens (including phenoxy) is 1. The summed E-state index contributed by atoms with van der Waals surface area (Å²) in [5.74, 6) is 0.295. The Labute approximate surface area is 119 Å². The van der Waals surface area contributed by atoms with E-state index in [-0.39, 0.29) is 5.41 Å². The smallest absolute Gasteiger partial charge is 0.222 e. The van der Waals surface area contributed by atoms with Gasteiger partial charge in [-0.25, -0.2) is 0 Å². The third-order valence-electron chi connectivity index (χ3n) is 4.54. The average Bonchev–Trinajstić information content (AvgIpc) is 3.11. The lowest BCUT2D eigenvalue weighted by Crippen LogP contribution is -2.46. The largest absolute Gasteiger partial charge is 0.381 e. The second kappa shape index (κ2) is 5.95. The van der Waals surface area contributed by atoms with Crippen molar-refractivity contribution < 1.29 is 9.53 Å². The lowest BCUT2D eigenvalue weighted by atomic mass is 9.79. The van der Waals surface area contributed by atoms with Gasteiger partial charge in [-0.2, -0.15) is 5.10 Å².